The zero-order chi connectivity index (χ0) is 14.5. The van der Waals surface area contributed by atoms with Gasteiger partial charge >= 0.3 is 5.97 Å². The van der Waals surface area contributed by atoms with E-state index in [2.05, 4.69) is 0 Å². The highest BCUT2D eigenvalue weighted by Gasteiger charge is 2.20. The SMILES string of the molecule is COc1cc(OC)c(N)c(C(=O)OCCC2CCC2)c1. The lowest BCUT2D eigenvalue weighted by molar-refractivity contribution is 0.0465. The molecule has 5 nitrogen and oxygen atoms in total. The van der Waals surface area contributed by atoms with E-state index >= 15 is 0 Å². The van der Waals surface area contributed by atoms with Crippen LogP contribution in [0.2, 0.25) is 0 Å². The predicted molar refractivity (Wildman–Crippen MR) is 76.2 cm³/mol. The molecule has 0 spiro atoms. The molecule has 1 fully saturated rings. The molecule has 1 aliphatic carbocycles. The van der Waals surface area contributed by atoms with Gasteiger partial charge in [0.2, 0.25) is 0 Å². The van der Waals surface area contributed by atoms with Crippen molar-refractivity contribution in [2.75, 3.05) is 26.6 Å². The number of hydrogen-bond acceptors (Lipinski definition) is 5. The first-order valence-corrected chi connectivity index (χ1v) is 6.84. The number of esters is 1. The minimum atomic E-state index is -0.431. The number of ether oxygens (including phenoxy) is 3. The van der Waals surface area contributed by atoms with Gasteiger partial charge in [0, 0.05) is 6.07 Å². The van der Waals surface area contributed by atoms with Gasteiger partial charge in [0.1, 0.15) is 11.5 Å². The Balaban J connectivity index is 2.03. The molecule has 5 heteroatoms. The maximum Gasteiger partial charge on any atom is 0.340 e. The quantitative estimate of drug-likeness (QED) is 0.640. The summed E-state index contributed by atoms with van der Waals surface area (Å²) in [6.45, 7) is 0.433. The van der Waals surface area contributed by atoms with Crippen LogP contribution in [0.25, 0.3) is 0 Å². The Bertz CT molecular complexity index is 483. The number of anilines is 1. The molecule has 2 rings (SSSR count). The van der Waals surface area contributed by atoms with E-state index in [1.165, 1.54) is 33.5 Å². The third kappa shape index (κ3) is 3.15. The molecule has 0 aromatic heterocycles. The molecule has 1 saturated carbocycles. The molecule has 0 heterocycles. The summed E-state index contributed by atoms with van der Waals surface area (Å²) in [5.41, 5.74) is 6.47. The van der Waals surface area contributed by atoms with Gasteiger partial charge in [0.25, 0.3) is 0 Å². The van der Waals surface area contributed by atoms with Crippen LogP contribution in [0, 0.1) is 5.92 Å². The highest BCUT2D eigenvalue weighted by molar-refractivity contribution is 5.97. The van der Waals surface area contributed by atoms with Gasteiger partial charge in [-0.1, -0.05) is 19.3 Å². The maximum absolute atomic E-state index is 12.1. The molecule has 1 aromatic carbocycles. The van der Waals surface area contributed by atoms with E-state index in [9.17, 15) is 4.79 Å². The Morgan fingerprint density at radius 1 is 1.30 bits per heavy atom. The highest BCUT2D eigenvalue weighted by atomic mass is 16.5. The Labute approximate surface area is 119 Å². The van der Waals surface area contributed by atoms with Crippen LogP contribution < -0.4 is 15.2 Å². The Hall–Kier alpha value is -1.91. The molecule has 0 radical (unpaired) electrons. The lowest BCUT2D eigenvalue weighted by Crippen LogP contribution is -2.16. The van der Waals surface area contributed by atoms with Crippen LogP contribution in [-0.2, 0) is 4.74 Å². The Morgan fingerprint density at radius 2 is 2.05 bits per heavy atom. The standard InChI is InChI=1S/C15H21NO4/c1-18-11-8-12(14(16)13(9-11)19-2)15(17)20-7-6-10-4-3-5-10/h8-10H,3-7,16H2,1-2H3. The van der Waals surface area contributed by atoms with Crippen molar-refractivity contribution >= 4 is 11.7 Å². The average molecular weight is 279 g/mol. The van der Waals surface area contributed by atoms with Crippen molar-refractivity contribution in [3.63, 3.8) is 0 Å². The van der Waals surface area contributed by atoms with Crippen LogP contribution in [0.15, 0.2) is 12.1 Å². The monoisotopic (exact) mass is 279 g/mol. The summed E-state index contributed by atoms with van der Waals surface area (Å²) in [6, 6.07) is 3.21. The number of methoxy groups -OCH3 is 2. The molecule has 2 N–H and O–H groups in total. The molecule has 0 saturated heterocycles. The molecule has 0 atom stereocenters. The van der Waals surface area contributed by atoms with Crippen molar-refractivity contribution in [3.05, 3.63) is 17.7 Å². The van der Waals surface area contributed by atoms with Crippen molar-refractivity contribution in [2.24, 2.45) is 5.92 Å². The molecular weight excluding hydrogens is 258 g/mol. The fourth-order valence-corrected chi connectivity index (χ4v) is 2.23. The van der Waals surface area contributed by atoms with Crippen molar-refractivity contribution < 1.29 is 19.0 Å². The van der Waals surface area contributed by atoms with E-state index in [0.717, 1.165) is 6.42 Å². The van der Waals surface area contributed by atoms with Crippen LogP contribution in [0.4, 0.5) is 5.69 Å². The van der Waals surface area contributed by atoms with Crippen molar-refractivity contribution in [3.8, 4) is 11.5 Å². The van der Waals surface area contributed by atoms with Gasteiger partial charge in [0.15, 0.2) is 0 Å². The molecule has 1 aromatic rings. The summed E-state index contributed by atoms with van der Waals surface area (Å²) in [6.07, 6.45) is 4.70. The molecule has 0 bridgehead atoms. The van der Waals surface area contributed by atoms with Crippen LogP contribution in [-0.4, -0.2) is 26.8 Å². The van der Waals surface area contributed by atoms with Crippen molar-refractivity contribution in [1.29, 1.82) is 0 Å². The second-order valence-corrected chi connectivity index (χ2v) is 5.01. The van der Waals surface area contributed by atoms with Gasteiger partial charge in [-0.2, -0.15) is 0 Å². The molecule has 110 valence electrons. The number of carbonyl (C=O) groups is 1. The zero-order valence-electron chi connectivity index (χ0n) is 12.0. The number of nitrogens with two attached hydrogens (primary N) is 1. The van der Waals surface area contributed by atoms with E-state index in [-0.39, 0.29) is 11.3 Å². The predicted octanol–water partition coefficient (Wildman–Crippen LogP) is 2.63. The van der Waals surface area contributed by atoms with Gasteiger partial charge in [-0.25, -0.2) is 4.79 Å². The topological polar surface area (TPSA) is 70.8 Å². The molecule has 0 unspecified atom stereocenters. The summed E-state index contributed by atoms with van der Waals surface area (Å²) in [7, 11) is 3.02. The van der Waals surface area contributed by atoms with Gasteiger partial charge in [-0.15, -0.1) is 0 Å². The van der Waals surface area contributed by atoms with Gasteiger partial charge in [0.05, 0.1) is 32.1 Å². The number of nitrogen functional groups attached to an aromatic ring is 1. The first-order chi connectivity index (χ1) is 9.65. The van der Waals surface area contributed by atoms with Gasteiger partial charge in [-0.3, -0.25) is 0 Å². The van der Waals surface area contributed by atoms with Crippen LogP contribution in [0.1, 0.15) is 36.0 Å². The minimum absolute atomic E-state index is 0.280. The molecule has 20 heavy (non-hydrogen) atoms. The van der Waals surface area contributed by atoms with E-state index in [1.807, 2.05) is 0 Å². The fraction of sp³-hybridized carbons (Fsp3) is 0.533. The number of hydrogen-bond donors (Lipinski definition) is 1. The smallest absolute Gasteiger partial charge is 0.340 e. The summed E-state index contributed by atoms with van der Waals surface area (Å²) in [4.78, 5) is 12.1. The minimum Gasteiger partial charge on any atom is -0.497 e. The zero-order valence-corrected chi connectivity index (χ0v) is 12.0. The lowest BCUT2D eigenvalue weighted by Gasteiger charge is -2.24. The van der Waals surface area contributed by atoms with Crippen LogP contribution in [0.3, 0.4) is 0 Å². The molecule has 1 aliphatic rings. The fourth-order valence-electron chi connectivity index (χ4n) is 2.23. The number of benzene rings is 1. The lowest BCUT2D eigenvalue weighted by atomic mass is 9.83. The molecule has 0 aliphatic heterocycles. The summed E-state index contributed by atoms with van der Waals surface area (Å²) in [5.74, 6) is 1.20. The largest absolute Gasteiger partial charge is 0.497 e. The van der Waals surface area contributed by atoms with E-state index in [0.29, 0.717) is 24.0 Å². The molecule has 0 amide bonds. The van der Waals surface area contributed by atoms with E-state index in [1.54, 1.807) is 12.1 Å². The third-order valence-corrected chi connectivity index (χ3v) is 3.78. The second kappa shape index (κ2) is 6.50. The highest BCUT2D eigenvalue weighted by Crippen LogP contribution is 2.32. The number of rotatable bonds is 6. The van der Waals surface area contributed by atoms with Gasteiger partial charge in [-0.05, 0) is 18.4 Å². The third-order valence-electron chi connectivity index (χ3n) is 3.78. The van der Waals surface area contributed by atoms with Crippen molar-refractivity contribution in [1.82, 2.24) is 0 Å². The van der Waals surface area contributed by atoms with Crippen LogP contribution in [0.5, 0.6) is 11.5 Å². The normalized spacial score (nSPS) is 14.5. The van der Waals surface area contributed by atoms with Crippen LogP contribution >= 0.6 is 0 Å². The first kappa shape index (κ1) is 14.5. The second-order valence-electron chi connectivity index (χ2n) is 5.01. The molecular formula is C15H21NO4. The summed E-state index contributed by atoms with van der Waals surface area (Å²) in [5, 5.41) is 0. The summed E-state index contributed by atoms with van der Waals surface area (Å²) >= 11 is 0. The van der Waals surface area contributed by atoms with E-state index in [4.69, 9.17) is 19.9 Å². The first-order valence-electron chi connectivity index (χ1n) is 6.84. The maximum atomic E-state index is 12.1. The number of carbonyl (C=O) groups excluding carboxylic acids is 1. The van der Waals surface area contributed by atoms with E-state index < -0.39 is 5.97 Å². The van der Waals surface area contributed by atoms with Gasteiger partial charge < -0.3 is 19.9 Å². The van der Waals surface area contributed by atoms with Crippen molar-refractivity contribution in [2.45, 2.75) is 25.7 Å². The Kier molecular flexibility index (Phi) is 4.71. The Morgan fingerprint density at radius 3 is 2.60 bits per heavy atom. The average Bonchev–Trinajstić information content (AvgIpc) is 2.41. The summed E-state index contributed by atoms with van der Waals surface area (Å²) < 4.78 is 15.5.